The SMILES string of the molecule is C/C=C/C[C@@H](C)[C@@H](O)[C@@H](C(=O)N[C@H](C(=O)N(C)CC(C)=O)[C@@H](C)O)N(C)C(=O)[C@H](C)N(C)C(=O)[C@H](C)NC(=O)[C@H](CC(C)C)N(C)C(=O)[C@@H](C)NC(=O)[C@H](C)NC(=O)[C@H](C)N(C)C(=O)[C@H](C)NC(=O)[C@H](C)N. The number of carbonyl (C=O) groups excluding carboxylic acids is 11. The lowest BCUT2D eigenvalue weighted by atomic mass is 9.92. The van der Waals surface area contributed by atoms with Gasteiger partial charge in [-0.2, -0.15) is 0 Å². The third-order valence-corrected chi connectivity index (χ3v) is 12.3. The van der Waals surface area contributed by atoms with Crippen LogP contribution in [0, 0.1) is 11.8 Å². The quantitative estimate of drug-likeness (QED) is 0.0380. The van der Waals surface area contributed by atoms with E-state index in [4.69, 9.17) is 5.73 Å². The van der Waals surface area contributed by atoms with Gasteiger partial charge in [-0.05, 0) is 93.9 Å². The van der Waals surface area contributed by atoms with Gasteiger partial charge in [-0.1, -0.05) is 32.9 Å². The maximum Gasteiger partial charge on any atom is 0.247 e. The molecule has 24 nitrogen and oxygen atoms in total. The average molecular weight is 1020 g/mol. The normalized spacial score (nSPS) is 16.8. The van der Waals surface area contributed by atoms with Crippen LogP contribution in [0.2, 0.25) is 0 Å². The monoisotopic (exact) mass is 1020 g/mol. The number of carbonyl (C=O) groups is 11. The molecule has 0 bridgehead atoms. The first-order valence-electron chi connectivity index (χ1n) is 24.1. The van der Waals surface area contributed by atoms with Crippen LogP contribution in [0.15, 0.2) is 12.2 Å². The van der Waals surface area contributed by atoms with Crippen molar-refractivity contribution in [3.63, 3.8) is 0 Å². The third-order valence-electron chi connectivity index (χ3n) is 12.3. The average Bonchev–Trinajstić information content (AvgIpc) is 3.30. The van der Waals surface area contributed by atoms with Gasteiger partial charge in [0.15, 0.2) is 0 Å². The lowest BCUT2D eigenvalue weighted by molar-refractivity contribution is -0.152. The Balaban J connectivity index is 6.20. The van der Waals surface area contributed by atoms with E-state index in [0.29, 0.717) is 6.42 Å². The van der Waals surface area contributed by atoms with Crippen LogP contribution < -0.4 is 32.3 Å². The van der Waals surface area contributed by atoms with Gasteiger partial charge < -0.3 is 67.0 Å². The van der Waals surface area contributed by atoms with Crippen LogP contribution in [-0.4, -0.2) is 214 Å². The zero-order valence-electron chi connectivity index (χ0n) is 45.6. The highest BCUT2D eigenvalue weighted by Gasteiger charge is 2.42. The lowest BCUT2D eigenvalue weighted by Crippen LogP contribution is -2.63. The second-order valence-corrected chi connectivity index (χ2v) is 19.3. The highest BCUT2D eigenvalue weighted by Crippen LogP contribution is 2.20. The number of aliphatic hydroxyl groups excluding tert-OH is 2. The number of hydrogen-bond donors (Lipinski definition) is 8. The maximum atomic E-state index is 14.1. The number of likely N-dealkylation sites (N-methyl/N-ethyl adjacent to an activating group) is 5. The summed E-state index contributed by atoms with van der Waals surface area (Å²) in [5, 5.41) is 34.6. The van der Waals surface area contributed by atoms with Crippen LogP contribution in [-0.2, 0) is 52.7 Å². The molecule has 0 aromatic carbocycles. The molecule has 0 heterocycles. The van der Waals surface area contributed by atoms with Crippen molar-refractivity contribution in [3.05, 3.63) is 12.2 Å². The summed E-state index contributed by atoms with van der Waals surface area (Å²) in [6.07, 6.45) is 0.953. The molecular weight excluding hydrogens is 939 g/mol. The Bertz CT molecular complexity index is 1960. The first-order chi connectivity index (χ1) is 33.1. The molecule has 72 heavy (non-hydrogen) atoms. The van der Waals surface area contributed by atoms with Crippen LogP contribution in [0.1, 0.15) is 103 Å². The molecule has 13 atom stereocenters. The van der Waals surface area contributed by atoms with Crippen molar-refractivity contribution in [2.45, 2.75) is 175 Å². The summed E-state index contributed by atoms with van der Waals surface area (Å²) < 4.78 is 0. The van der Waals surface area contributed by atoms with Crippen LogP contribution in [0.3, 0.4) is 0 Å². The second-order valence-electron chi connectivity index (χ2n) is 19.3. The van der Waals surface area contributed by atoms with Gasteiger partial charge in [-0.15, -0.1) is 0 Å². The van der Waals surface area contributed by atoms with E-state index >= 15 is 0 Å². The van der Waals surface area contributed by atoms with E-state index < -0.39 is 138 Å². The molecule has 10 amide bonds. The lowest BCUT2D eigenvalue weighted by Gasteiger charge is -2.38. The zero-order valence-corrected chi connectivity index (χ0v) is 45.6. The van der Waals surface area contributed by atoms with E-state index in [1.54, 1.807) is 26.0 Å². The minimum absolute atomic E-state index is 0.127. The Kier molecular flexibility index (Phi) is 27.6. The van der Waals surface area contributed by atoms with Gasteiger partial charge in [-0.3, -0.25) is 52.7 Å². The predicted molar refractivity (Wildman–Crippen MR) is 268 cm³/mol. The van der Waals surface area contributed by atoms with Gasteiger partial charge in [0, 0.05) is 35.2 Å². The van der Waals surface area contributed by atoms with Crippen molar-refractivity contribution in [1.29, 1.82) is 0 Å². The molecular formula is C48H85N11O13. The van der Waals surface area contributed by atoms with Crippen molar-refractivity contribution in [3.8, 4) is 0 Å². The molecule has 0 fully saturated rings. The molecule has 24 heteroatoms. The number of Topliss-reactive ketones (excluding diaryl/α,β-unsaturated/α-hetero) is 1. The summed E-state index contributed by atoms with van der Waals surface area (Å²) >= 11 is 0. The number of rotatable bonds is 28. The first-order valence-corrected chi connectivity index (χ1v) is 24.1. The van der Waals surface area contributed by atoms with Crippen molar-refractivity contribution < 1.29 is 63.0 Å². The smallest absolute Gasteiger partial charge is 0.247 e. The minimum atomic E-state index is -1.64. The summed E-state index contributed by atoms with van der Waals surface area (Å²) in [7, 11) is 6.57. The molecule has 0 saturated heterocycles. The first kappa shape index (κ1) is 66.0. The fraction of sp³-hybridized carbons (Fsp3) is 0.729. The fourth-order valence-electron chi connectivity index (χ4n) is 7.33. The molecule has 0 aromatic heterocycles. The number of amides is 10. The van der Waals surface area contributed by atoms with E-state index in [1.807, 2.05) is 13.8 Å². The molecule has 0 rings (SSSR count). The van der Waals surface area contributed by atoms with Crippen LogP contribution in [0.4, 0.5) is 0 Å². The van der Waals surface area contributed by atoms with Gasteiger partial charge in [0.1, 0.15) is 60.2 Å². The van der Waals surface area contributed by atoms with Gasteiger partial charge in [0.25, 0.3) is 0 Å². The summed E-state index contributed by atoms with van der Waals surface area (Å²) in [5.41, 5.74) is 5.56. The Morgan fingerprint density at radius 1 is 0.528 bits per heavy atom. The van der Waals surface area contributed by atoms with Gasteiger partial charge in [0.2, 0.25) is 59.1 Å². The number of allylic oxidation sites excluding steroid dienone is 2. The number of aliphatic hydroxyl groups is 2. The topological polar surface area (TPSA) is 331 Å². The number of nitrogens with two attached hydrogens (primary N) is 1. The van der Waals surface area contributed by atoms with Gasteiger partial charge >= 0.3 is 0 Å². The summed E-state index contributed by atoms with van der Waals surface area (Å²) in [6, 6.07) is -12.2. The summed E-state index contributed by atoms with van der Waals surface area (Å²) in [5.74, 6) is -8.46. The largest absolute Gasteiger partial charge is 0.391 e. The maximum absolute atomic E-state index is 14.1. The van der Waals surface area contributed by atoms with Crippen LogP contribution in [0.25, 0.3) is 0 Å². The van der Waals surface area contributed by atoms with Crippen molar-refractivity contribution >= 4 is 64.9 Å². The molecule has 0 radical (unpaired) electrons. The Morgan fingerprint density at radius 3 is 1.42 bits per heavy atom. The fourth-order valence-corrected chi connectivity index (χ4v) is 7.33. The second kappa shape index (κ2) is 30.1. The molecule has 410 valence electrons. The number of hydrogen-bond acceptors (Lipinski definition) is 14. The highest BCUT2D eigenvalue weighted by atomic mass is 16.3. The van der Waals surface area contributed by atoms with E-state index in [1.165, 1.54) is 97.6 Å². The van der Waals surface area contributed by atoms with Crippen LogP contribution in [0.5, 0.6) is 0 Å². The number of ketones is 1. The van der Waals surface area contributed by atoms with Crippen molar-refractivity contribution in [2.24, 2.45) is 17.6 Å². The molecule has 0 aliphatic rings. The molecule has 9 N–H and O–H groups in total. The third kappa shape index (κ3) is 19.5. The molecule has 0 saturated carbocycles. The molecule has 0 unspecified atom stereocenters. The van der Waals surface area contributed by atoms with Crippen molar-refractivity contribution in [2.75, 3.05) is 41.8 Å². The Morgan fingerprint density at radius 2 is 0.972 bits per heavy atom. The standard InChI is InChI=1S/C48H85N11O13/c1-19-20-21-25(4)38(62)37(43(67)54-36(34(13)61)48(72)55(14)23-26(5)60)59(18)47(71)33(12)57(16)45(69)30(9)53-42(66)35(22-24(2)3)58(17)46(70)31(10)52-40(64)28(7)50-41(65)32(11)56(15)44(68)29(8)51-39(63)27(6)49/h19-20,24-25,27-38,61-62H,21-23,49H2,1-18H3,(H,50,65)(H,51,63)(H,52,64)(H,53,66)(H,54,67)/b20-19+/t25-,27+,28+,29+,30+,31-,32+,33+,34-,35+,36+,37+,38-/m1/s1. The summed E-state index contributed by atoms with van der Waals surface area (Å²) in [6.45, 7) is 19.1. The Hall–Kier alpha value is -6.01. The minimum Gasteiger partial charge on any atom is -0.391 e. The molecule has 0 aliphatic heterocycles. The van der Waals surface area contributed by atoms with E-state index in [0.717, 1.165) is 24.5 Å². The van der Waals surface area contributed by atoms with Gasteiger partial charge in [0.05, 0.1) is 24.8 Å². The summed E-state index contributed by atoms with van der Waals surface area (Å²) in [4.78, 5) is 151. The number of nitrogens with zero attached hydrogens (tertiary/aromatic N) is 5. The number of nitrogens with one attached hydrogen (secondary N) is 5. The molecule has 0 spiro atoms. The van der Waals surface area contributed by atoms with Crippen molar-refractivity contribution in [1.82, 2.24) is 51.1 Å². The zero-order chi connectivity index (χ0) is 56.4. The van der Waals surface area contributed by atoms with E-state index in [-0.39, 0.29) is 24.7 Å². The highest BCUT2D eigenvalue weighted by molar-refractivity contribution is 5.98. The van der Waals surface area contributed by atoms with E-state index in [9.17, 15) is 63.0 Å². The van der Waals surface area contributed by atoms with E-state index in [2.05, 4.69) is 26.6 Å². The Labute approximate surface area is 424 Å². The molecule has 0 aliphatic carbocycles. The predicted octanol–water partition coefficient (Wildman–Crippen LogP) is -2.38. The molecule has 0 aromatic rings. The van der Waals surface area contributed by atoms with Crippen LogP contribution >= 0.6 is 0 Å². The van der Waals surface area contributed by atoms with Gasteiger partial charge in [-0.25, -0.2) is 0 Å².